The fourth-order valence-corrected chi connectivity index (χ4v) is 3.94. The van der Waals surface area contributed by atoms with E-state index < -0.39 is 12.1 Å². The number of likely N-dealkylation sites (tertiary alicyclic amines) is 1. The number of ether oxygens (including phenoxy) is 2. The molecule has 1 amide bonds. The van der Waals surface area contributed by atoms with Crippen LogP contribution in [-0.4, -0.2) is 61.3 Å². The topological polar surface area (TPSA) is 83.1 Å². The average Bonchev–Trinajstić information content (AvgIpc) is 3.30. The van der Waals surface area contributed by atoms with E-state index >= 15 is 0 Å². The molecule has 2 aliphatic rings. The molecular formula is C23H29N3O4. The van der Waals surface area contributed by atoms with Crippen LogP contribution >= 0.6 is 0 Å². The van der Waals surface area contributed by atoms with Gasteiger partial charge in [-0.1, -0.05) is 24.3 Å². The van der Waals surface area contributed by atoms with Gasteiger partial charge in [-0.2, -0.15) is 0 Å². The molecule has 30 heavy (non-hydrogen) atoms. The van der Waals surface area contributed by atoms with Crippen LogP contribution in [0.5, 0.6) is 11.5 Å². The highest BCUT2D eigenvalue weighted by Gasteiger charge is 2.27. The van der Waals surface area contributed by atoms with E-state index in [9.17, 15) is 9.90 Å². The first-order valence-corrected chi connectivity index (χ1v) is 10.6. The maximum absolute atomic E-state index is 12.6. The quantitative estimate of drug-likeness (QED) is 0.618. The lowest BCUT2D eigenvalue weighted by Crippen LogP contribution is -2.48. The number of rotatable bonds is 8. The second-order valence-corrected chi connectivity index (χ2v) is 7.75. The molecule has 0 aliphatic carbocycles. The lowest BCUT2D eigenvalue weighted by Gasteiger charge is -2.29. The van der Waals surface area contributed by atoms with E-state index in [1.165, 1.54) is 0 Å². The highest BCUT2D eigenvalue weighted by atomic mass is 16.6. The first-order valence-electron chi connectivity index (χ1n) is 10.6. The Hall–Kier alpha value is -2.77. The minimum atomic E-state index is -0.845. The predicted molar refractivity (Wildman–Crippen MR) is 115 cm³/mol. The van der Waals surface area contributed by atoms with Gasteiger partial charge in [-0.3, -0.25) is 4.79 Å². The van der Waals surface area contributed by atoms with Crippen molar-refractivity contribution in [2.75, 3.05) is 44.7 Å². The fraction of sp³-hybridized carbons (Fsp3) is 0.435. The SMILES string of the molecule is O=C(CNc1ccccc1)NC(CN1CCCC1)C(O)c1ccc2c(c1)OCCO2. The Morgan fingerprint density at radius 2 is 1.77 bits per heavy atom. The summed E-state index contributed by atoms with van der Waals surface area (Å²) in [6, 6.07) is 14.6. The number of anilines is 1. The number of nitrogens with zero attached hydrogens (tertiary/aromatic N) is 1. The Kier molecular flexibility index (Phi) is 6.71. The van der Waals surface area contributed by atoms with E-state index in [-0.39, 0.29) is 12.5 Å². The van der Waals surface area contributed by atoms with Crippen molar-refractivity contribution in [3.63, 3.8) is 0 Å². The number of aliphatic hydroxyl groups excluding tert-OH is 1. The molecule has 2 atom stereocenters. The Morgan fingerprint density at radius 1 is 1.03 bits per heavy atom. The van der Waals surface area contributed by atoms with Gasteiger partial charge in [0.2, 0.25) is 5.91 Å². The number of hydrogen-bond donors (Lipinski definition) is 3. The zero-order valence-electron chi connectivity index (χ0n) is 17.0. The summed E-state index contributed by atoms with van der Waals surface area (Å²) in [4.78, 5) is 14.9. The maximum Gasteiger partial charge on any atom is 0.239 e. The van der Waals surface area contributed by atoms with Crippen LogP contribution in [0.25, 0.3) is 0 Å². The molecule has 2 aliphatic heterocycles. The summed E-state index contributed by atoms with van der Waals surface area (Å²) >= 11 is 0. The molecule has 2 unspecified atom stereocenters. The van der Waals surface area contributed by atoms with Crippen molar-refractivity contribution in [1.29, 1.82) is 0 Å². The minimum absolute atomic E-state index is 0.147. The maximum atomic E-state index is 12.6. The van der Waals surface area contributed by atoms with Crippen molar-refractivity contribution in [1.82, 2.24) is 10.2 Å². The molecule has 7 heteroatoms. The molecule has 160 valence electrons. The number of amides is 1. The number of carbonyl (C=O) groups excluding carboxylic acids is 1. The van der Waals surface area contributed by atoms with E-state index in [2.05, 4.69) is 15.5 Å². The Balaban J connectivity index is 1.43. The van der Waals surface area contributed by atoms with E-state index in [0.29, 0.717) is 36.8 Å². The summed E-state index contributed by atoms with van der Waals surface area (Å²) in [5.41, 5.74) is 1.59. The Bertz CT molecular complexity index is 840. The number of aliphatic hydroxyl groups is 1. The van der Waals surface area contributed by atoms with Gasteiger partial charge in [0.05, 0.1) is 12.6 Å². The van der Waals surface area contributed by atoms with Crippen LogP contribution in [0, 0.1) is 0 Å². The summed E-state index contributed by atoms with van der Waals surface area (Å²) in [6.45, 7) is 3.74. The lowest BCUT2D eigenvalue weighted by molar-refractivity contribution is -0.121. The zero-order chi connectivity index (χ0) is 20.8. The lowest BCUT2D eigenvalue weighted by atomic mass is 10.0. The Morgan fingerprint density at radius 3 is 2.53 bits per heavy atom. The standard InChI is InChI=1S/C23H29N3O4/c27-22(15-24-18-6-2-1-3-7-18)25-19(16-26-10-4-5-11-26)23(28)17-8-9-20-21(14-17)30-13-12-29-20/h1-3,6-9,14,19,23-24,28H,4-5,10-13,15-16H2,(H,25,27). The molecule has 1 saturated heterocycles. The molecule has 3 N–H and O–H groups in total. The molecule has 7 nitrogen and oxygen atoms in total. The van der Waals surface area contributed by atoms with Gasteiger partial charge in [0.1, 0.15) is 19.3 Å². The molecule has 0 aromatic heterocycles. The molecular weight excluding hydrogens is 382 g/mol. The molecule has 0 radical (unpaired) electrons. The second-order valence-electron chi connectivity index (χ2n) is 7.75. The van der Waals surface area contributed by atoms with Gasteiger partial charge in [-0.05, 0) is 55.8 Å². The van der Waals surface area contributed by atoms with Gasteiger partial charge in [-0.25, -0.2) is 0 Å². The van der Waals surface area contributed by atoms with Crippen LogP contribution in [-0.2, 0) is 4.79 Å². The van der Waals surface area contributed by atoms with Gasteiger partial charge in [0, 0.05) is 12.2 Å². The fourth-order valence-electron chi connectivity index (χ4n) is 3.94. The number of nitrogens with one attached hydrogen (secondary N) is 2. The summed E-state index contributed by atoms with van der Waals surface area (Å²) in [6.07, 6.45) is 1.45. The normalized spacial score (nSPS) is 17.9. The summed E-state index contributed by atoms with van der Waals surface area (Å²) in [5.74, 6) is 1.17. The minimum Gasteiger partial charge on any atom is -0.486 e. The van der Waals surface area contributed by atoms with Crippen molar-refractivity contribution in [2.24, 2.45) is 0 Å². The Labute approximate surface area is 177 Å². The third-order valence-electron chi connectivity index (χ3n) is 5.52. The smallest absolute Gasteiger partial charge is 0.239 e. The van der Waals surface area contributed by atoms with E-state index in [4.69, 9.17) is 9.47 Å². The molecule has 2 heterocycles. The van der Waals surface area contributed by atoms with Gasteiger partial charge in [0.25, 0.3) is 0 Å². The number of benzene rings is 2. The third-order valence-corrected chi connectivity index (χ3v) is 5.52. The molecule has 0 saturated carbocycles. The van der Waals surface area contributed by atoms with Crippen LogP contribution in [0.2, 0.25) is 0 Å². The molecule has 2 aromatic carbocycles. The largest absolute Gasteiger partial charge is 0.486 e. The highest BCUT2D eigenvalue weighted by molar-refractivity contribution is 5.81. The molecule has 0 bridgehead atoms. The number of fused-ring (bicyclic) bond motifs is 1. The van der Waals surface area contributed by atoms with Crippen molar-refractivity contribution in [3.8, 4) is 11.5 Å². The van der Waals surface area contributed by atoms with Crippen molar-refractivity contribution >= 4 is 11.6 Å². The molecule has 0 spiro atoms. The van der Waals surface area contributed by atoms with Crippen molar-refractivity contribution in [3.05, 3.63) is 54.1 Å². The highest BCUT2D eigenvalue weighted by Crippen LogP contribution is 2.33. The number of carbonyl (C=O) groups is 1. The predicted octanol–water partition coefficient (Wildman–Crippen LogP) is 2.18. The van der Waals surface area contributed by atoms with Crippen molar-refractivity contribution in [2.45, 2.75) is 25.0 Å². The van der Waals surface area contributed by atoms with Gasteiger partial charge in [-0.15, -0.1) is 0 Å². The molecule has 1 fully saturated rings. The third kappa shape index (κ3) is 5.23. The van der Waals surface area contributed by atoms with Gasteiger partial charge < -0.3 is 30.1 Å². The van der Waals surface area contributed by atoms with Crippen LogP contribution in [0.3, 0.4) is 0 Å². The summed E-state index contributed by atoms with van der Waals surface area (Å²) in [7, 11) is 0. The number of hydrogen-bond acceptors (Lipinski definition) is 6. The van der Waals surface area contributed by atoms with E-state index in [1.807, 2.05) is 48.5 Å². The average molecular weight is 412 g/mol. The van der Waals surface area contributed by atoms with Crippen LogP contribution < -0.4 is 20.1 Å². The monoisotopic (exact) mass is 411 g/mol. The summed E-state index contributed by atoms with van der Waals surface area (Å²) < 4.78 is 11.2. The second kappa shape index (κ2) is 9.82. The van der Waals surface area contributed by atoms with Crippen LogP contribution in [0.15, 0.2) is 48.5 Å². The zero-order valence-corrected chi connectivity index (χ0v) is 17.0. The van der Waals surface area contributed by atoms with E-state index in [1.54, 1.807) is 0 Å². The van der Waals surface area contributed by atoms with Crippen LogP contribution in [0.4, 0.5) is 5.69 Å². The molecule has 4 rings (SSSR count). The summed E-state index contributed by atoms with van der Waals surface area (Å²) in [5, 5.41) is 17.3. The first-order chi connectivity index (χ1) is 14.7. The van der Waals surface area contributed by atoms with Crippen LogP contribution in [0.1, 0.15) is 24.5 Å². The molecule has 2 aromatic rings. The first kappa shape index (κ1) is 20.5. The van der Waals surface area contributed by atoms with Gasteiger partial charge in [0.15, 0.2) is 11.5 Å². The van der Waals surface area contributed by atoms with Crippen molar-refractivity contribution < 1.29 is 19.4 Å². The van der Waals surface area contributed by atoms with Gasteiger partial charge >= 0.3 is 0 Å². The van der Waals surface area contributed by atoms with E-state index in [0.717, 1.165) is 31.6 Å². The number of para-hydroxylation sites is 1.